The Kier molecular flexibility index (Phi) is 6.15. The maximum Gasteiger partial charge on any atom is 0.261 e. The van der Waals surface area contributed by atoms with E-state index in [0.29, 0.717) is 24.2 Å². The zero-order chi connectivity index (χ0) is 21.8. The molecule has 1 aliphatic rings. The zero-order valence-electron chi connectivity index (χ0n) is 16.8. The summed E-state index contributed by atoms with van der Waals surface area (Å²) >= 11 is 1.45. The van der Waals surface area contributed by atoms with E-state index in [4.69, 9.17) is 4.74 Å². The summed E-state index contributed by atoms with van der Waals surface area (Å²) < 4.78 is 4.98. The average Bonchev–Trinajstić information content (AvgIpc) is 3.37. The number of rotatable bonds is 8. The van der Waals surface area contributed by atoms with Crippen molar-refractivity contribution in [3.63, 3.8) is 0 Å². The Morgan fingerprint density at radius 3 is 2.77 bits per heavy atom. The molecule has 8 nitrogen and oxygen atoms in total. The van der Waals surface area contributed by atoms with Crippen LogP contribution in [0.25, 0.3) is 10.7 Å². The van der Waals surface area contributed by atoms with Crippen LogP contribution in [0.2, 0.25) is 0 Å². The van der Waals surface area contributed by atoms with Crippen molar-refractivity contribution in [2.24, 2.45) is 0 Å². The van der Waals surface area contributed by atoms with E-state index in [1.165, 1.54) is 28.4 Å². The number of nitrogens with zero attached hydrogens (tertiary/aromatic N) is 3. The summed E-state index contributed by atoms with van der Waals surface area (Å²) in [7, 11) is 1.57. The monoisotopic (exact) mass is 436 g/mol. The van der Waals surface area contributed by atoms with Gasteiger partial charge in [0.15, 0.2) is 0 Å². The van der Waals surface area contributed by atoms with Gasteiger partial charge in [-0.2, -0.15) is 0 Å². The number of nitrogens with one attached hydrogen (secondary N) is 1. The summed E-state index contributed by atoms with van der Waals surface area (Å²) in [5, 5.41) is 5.45. The smallest absolute Gasteiger partial charge is 0.261 e. The molecule has 1 aliphatic heterocycles. The molecule has 0 radical (unpaired) electrons. The number of pyridine rings is 1. The first-order valence-electron chi connectivity index (χ1n) is 9.71. The predicted octanol–water partition coefficient (Wildman–Crippen LogP) is 2.77. The van der Waals surface area contributed by atoms with Crippen molar-refractivity contribution in [2.45, 2.75) is 13.0 Å². The molecule has 3 heterocycles. The number of hydrogen-bond acceptors (Lipinski definition) is 7. The molecule has 0 spiro atoms. The lowest BCUT2D eigenvalue weighted by Crippen LogP contribution is -2.31. The van der Waals surface area contributed by atoms with Crippen molar-refractivity contribution in [3.8, 4) is 10.7 Å². The van der Waals surface area contributed by atoms with Crippen LogP contribution in [0.5, 0.6) is 0 Å². The predicted molar refractivity (Wildman–Crippen MR) is 115 cm³/mol. The van der Waals surface area contributed by atoms with Gasteiger partial charge in [-0.15, -0.1) is 11.3 Å². The van der Waals surface area contributed by atoms with Crippen molar-refractivity contribution in [1.82, 2.24) is 20.2 Å². The Morgan fingerprint density at radius 1 is 1.16 bits per heavy atom. The number of imide groups is 1. The third-order valence-corrected chi connectivity index (χ3v) is 5.74. The van der Waals surface area contributed by atoms with Crippen LogP contribution in [-0.2, 0) is 11.3 Å². The molecule has 4 rings (SSSR count). The first-order valence-corrected chi connectivity index (χ1v) is 10.6. The lowest BCUT2D eigenvalue weighted by molar-refractivity contribution is 0.0638. The highest BCUT2D eigenvalue weighted by molar-refractivity contribution is 7.13. The third kappa shape index (κ3) is 4.37. The number of aromatic nitrogens is 2. The zero-order valence-corrected chi connectivity index (χ0v) is 17.6. The van der Waals surface area contributed by atoms with Crippen LogP contribution < -0.4 is 5.32 Å². The van der Waals surface area contributed by atoms with E-state index in [1.807, 2.05) is 23.6 Å². The number of carbonyl (C=O) groups excluding carboxylic acids is 3. The van der Waals surface area contributed by atoms with Crippen LogP contribution in [-0.4, -0.2) is 52.9 Å². The molecule has 1 aromatic carbocycles. The van der Waals surface area contributed by atoms with Gasteiger partial charge in [0.1, 0.15) is 5.01 Å². The number of benzene rings is 1. The molecule has 0 saturated heterocycles. The lowest BCUT2D eigenvalue weighted by Gasteiger charge is -2.12. The van der Waals surface area contributed by atoms with Crippen molar-refractivity contribution >= 4 is 29.1 Å². The van der Waals surface area contributed by atoms with Crippen LogP contribution in [0.3, 0.4) is 0 Å². The van der Waals surface area contributed by atoms with Gasteiger partial charge in [0.05, 0.1) is 29.1 Å². The topological polar surface area (TPSA) is 101 Å². The Balaban J connectivity index is 1.41. The normalized spacial score (nSPS) is 12.9. The van der Waals surface area contributed by atoms with E-state index >= 15 is 0 Å². The molecule has 0 atom stereocenters. The summed E-state index contributed by atoms with van der Waals surface area (Å²) in [5.41, 5.74) is 2.39. The molecule has 0 saturated carbocycles. The number of methoxy groups -OCH3 is 1. The molecule has 0 fully saturated rings. The molecule has 0 bridgehead atoms. The van der Waals surface area contributed by atoms with Gasteiger partial charge < -0.3 is 10.1 Å². The van der Waals surface area contributed by atoms with Gasteiger partial charge in [0, 0.05) is 37.4 Å². The number of thiazole rings is 1. The van der Waals surface area contributed by atoms with Crippen molar-refractivity contribution < 1.29 is 19.1 Å². The highest BCUT2D eigenvalue weighted by Gasteiger charge is 2.35. The van der Waals surface area contributed by atoms with Gasteiger partial charge in [-0.25, -0.2) is 4.98 Å². The molecule has 0 unspecified atom stereocenters. The molecule has 9 heteroatoms. The third-order valence-electron chi connectivity index (χ3n) is 4.83. The minimum atomic E-state index is -0.384. The van der Waals surface area contributed by atoms with E-state index in [-0.39, 0.29) is 36.4 Å². The van der Waals surface area contributed by atoms with E-state index in [0.717, 1.165) is 16.4 Å². The lowest BCUT2D eigenvalue weighted by atomic mass is 10.1. The second-order valence-corrected chi connectivity index (χ2v) is 7.77. The van der Waals surface area contributed by atoms with Gasteiger partial charge >= 0.3 is 0 Å². The quantitative estimate of drug-likeness (QED) is 0.430. The van der Waals surface area contributed by atoms with E-state index in [9.17, 15) is 14.4 Å². The van der Waals surface area contributed by atoms with E-state index in [2.05, 4.69) is 15.3 Å². The summed E-state index contributed by atoms with van der Waals surface area (Å²) in [6.45, 7) is 0.985. The van der Waals surface area contributed by atoms with Crippen molar-refractivity contribution in [2.75, 3.05) is 20.3 Å². The van der Waals surface area contributed by atoms with Gasteiger partial charge in [-0.1, -0.05) is 6.07 Å². The second-order valence-electron chi connectivity index (χ2n) is 6.91. The SMILES string of the molecule is COCCCN1C(=O)c2ccc(C(=O)NCc3csc(-c4ccccn4)n3)cc2C1=O. The largest absolute Gasteiger partial charge is 0.385 e. The molecular formula is C22H20N4O4S. The van der Waals surface area contributed by atoms with Crippen LogP contribution in [0.15, 0.2) is 48.0 Å². The van der Waals surface area contributed by atoms with Gasteiger partial charge in [-0.05, 0) is 36.8 Å². The van der Waals surface area contributed by atoms with Gasteiger partial charge in [-0.3, -0.25) is 24.3 Å². The maximum atomic E-state index is 12.6. The molecular weight excluding hydrogens is 416 g/mol. The Morgan fingerprint density at radius 2 is 2.00 bits per heavy atom. The minimum Gasteiger partial charge on any atom is -0.385 e. The fraction of sp³-hybridized carbons (Fsp3) is 0.227. The minimum absolute atomic E-state index is 0.245. The summed E-state index contributed by atoms with van der Waals surface area (Å²) in [4.78, 5) is 47.6. The molecule has 1 N–H and O–H groups in total. The molecule has 3 aromatic rings. The average molecular weight is 436 g/mol. The number of fused-ring (bicyclic) bond motifs is 1. The van der Waals surface area contributed by atoms with E-state index in [1.54, 1.807) is 19.4 Å². The van der Waals surface area contributed by atoms with Crippen LogP contribution in [0.1, 0.15) is 43.2 Å². The maximum absolute atomic E-state index is 12.6. The number of ether oxygens (including phenoxy) is 1. The summed E-state index contributed by atoms with van der Waals surface area (Å²) in [6.07, 6.45) is 2.26. The van der Waals surface area contributed by atoms with Crippen LogP contribution in [0.4, 0.5) is 0 Å². The Labute approximate surface area is 182 Å². The van der Waals surface area contributed by atoms with Crippen LogP contribution >= 0.6 is 11.3 Å². The fourth-order valence-electron chi connectivity index (χ4n) is 3.27. The van der Waals surface area contributed by atoms with E-state index < -0.39 is 0 Å². The first kappa shape index (κ1) is 20.8. The van der Waals surface area contributed by atoms with Gasteiger partial charge in [0.2, 0.25) is 0 Å². The highest BCUT2D eigenvalue weighted by atomic mass is 32.1. The Bertz CT molecular complexity index is 1130. The summed E-state index contributed by atoms with van der Waals surface area (Å²) in [5.74, 6) is -1.06. The van der Waals surface area contributed by atoms with Crippen molar-refractivity contribution in [1.29, 1.82) is 0 Å². The number of hydrogen-bond donors (Lipinski definition) is 1. The molecule has 31 heavy (non-hydrogen) atoms. The van der Waals surface area contributed by atoms with Crippen molar-refractivity contribution in [3.05, 3.63) is 70.4 Å². The van der Waals surface area contributed by atoms with Crippen LogP contribution in [0, 0.1) is 0 Å². The summed E-state index contributed by atoms with van der Waals surface area (Å²) in [6, 6.07) is 10.2. The molecule has 2 aromatic heterocycles. The standard InChI is InChI=1S/C22H20N4O4S/c1-30-10-4-9-26-21(28)16-7-6-14(11-17(16)22(26)29)19(27)24-12-15-13-31-20(25-15)18-5-2-3-8-23-18/h2-3,5-8,11,13H,4,9-10,12H2,1H3,(H,24,27). The fourth-order valence-corrected chi connectivity index (χ4v) is 4.07. The molecule has 0 aliphatic carbocycles. The molecule has 158 valence electrons. The highest BCUT2D eigenvalue weighted by Crippen LogP contribution is 2.25. The first-order chi connectivity index (χ1) is 15.1. The Hall–Kier alpha value is -3.43. The number of amides is 3. The number of carbonyl (C=O) groups is 3. The van der Waals surface area contributed by atoms with Gasteiger partial charge in [0.25, 0.3) is 17.7 Å². The molecule has 3 amide bonds. The second kappa shape index (κ2) is 9.15.